The zero-order chi connectivity index (χ0) is 22.7. The highest BCUT2D eigenvalue weighted by atomic mass is 16.5. The van der Waals surface area contributed by atoms with Crippen molar-refractivity contribution in [3.63, 3.8) is 0 Å². The van der Waals surface area contributed by atoms with Gasteiger partial charge in [-0.3, -0.25) is 4.79 Å². The van der Waals surface area contributed by atoms with Crippen LogP contribution in [0, 0.1) is 28.6 Å². The summed E-state index contributed by atoms with van der Waals surface area (Å²) in [6.45, 7) is 7.66. The molecule has 1 spiro atoms. The van der Waals surface area contributed by atoms with Crippen LogP contribution >= 0.6 is 0 Å². The van der Waals surface area contributed by atoms with Gasteiger partial charge in [-0.1, -0.05) is 13.8 Å². The van der Waals surface area contributed by atoms with E-state index >= 15 is 0 Å². The van der Waals surface area contributed by atoms with Crippen molar-refractivity contribution in [2.24, 2.45) is 28.6 Å². The molecule has 4 fully saturated rings. The van der Waals surface area contributed by atoms with Crippen LogP contribution in [0.2, 0.25) is 0 Å². The number of esters is 1. The van der Waals surface area contributed by atoms with Crippen LogP contribution in [0.1, 0.15) is 60.3 Å². The smallest absolute Gasteiger partial charge is 0.302 e. The predicted octanol–water partition coefficient (Wildman–Crippen LogP) is -0.290. The Bertz CT molecular complexity index is 747. The summed E-state index contributed by atoms with van der Waals surface area (Å²) >= 11 is 0. The van der Waals surface area contributed by atoms with E-state index in [9.17, 15) is 35.4 Å². The lowest BCUT2D eigenvalue weighted by Crippen LogP contribution is -2.62. The van der Waals surface area contributed by atoms with Crippen molar-refractivity contribution in [1.29, 1.82) is 0 Å². The number of hydrogen-bond donors (Lipinski definition) is 6. The lowest BCUT2D eigenvalue weighted by atomic mass is 9.57. The molecule has 0 aromatic rings. The SMILES string of the molecule is CC(=O)O[C@@H]1[C@H]2CC[C@H]3[C@@](C)(O)[C@@H]4[C@@H](O)[C@H](O)C(C)(C)[C@@]4(O)[C@H](O)C[C@@]13C[C@@]2(C)O. The molecule has 4 aliphatic rings. The van der Waals surface area contributed by atoms with Gasteiger partial charge in [0.2, 0.25) is 0 Å². The maximum absolute atomic E-state index is 11.9. The van der Waals surface area contributed by atoms with Crippen molar-refractivity contribution in [3.05, 3.63) is 0 Å². The number of rotatable bonds is 1. The van der Waals surface area contributed by atoms with Crippen molar-refractivity contribution in [1.82, 2.24) is 0 Å². The Kier molecular flexibility index (Phi) is 4.61. The number of ether oxygens (including phenoxy) is 1. The van der Waals surface area contributed by atoms with Gasteiger partial charge >= 0.3 is 5.97 Å². The molecule has 2 bridgehead atoms. The Balaban J connectivity index is 1.93. The fourth-order valence-corrected chi connectivity index (χ4v) is 8.29. The van der Waals surface area contributed by atoms with E-state index in [4.69, 9.17) is 4.74 Å². The molecular formula is C22H36O8. The summed E-state index contributed by atoms with van der Waals surface area (Å²) in [4.78, 5) is 11.9. The number of carbonyl (C=O) groups is 1. The van der Waals surface area contributed by atoms with Crippen LogP contribution in [0.15, 0.2) is 0 Å². The minimum atomic E-state index is -1.98. The number of fused-ring (bicyclic) bond motifs is 2. The van der Waals surface area contributed by atoms with Crippen LogP contribution in [-0.4, -0.2) is 77.8 Å². The van der Waals surface area contributed by atoms with E-state index in [1.807, 2.05) is 0 Å². The molecule has 0 heterocycles. The number of carbonyl (C=O) groups excluding carboxylic acids is 1. The largest absolute Gasteiger partial charge is 0.462 e. The molecule has 0 saturated heterocycles. The van der Waals surface area contributed by atoms with Crippen LogP contribution in [0.5, 0.6) is 0 Å². The monoisotopic (exact) mass is 428 g/mol. The molecule has 0 amide bonds. The van der Waals surface area contributed by atoms with E-state index in [-0.39, 0.29) is 18.8 Å². The first-order valence-corrected chi connectivity index (χ1v) is 10.9. The van der Waals surface area contributed by atoms with Crippen molar-refractivity contribution >= 4 is 5.97 Å². The zero-order valence-electron chi connectivity index (χ0n) is 18.4. The minimum Gasteiger partial charge on any atom is -0.462 e. The van der Waals surface area contributed by atoms with E-state index < -0.39 is 69.9 Å². The topological polar surface area (TPSA) is 148 Å². The molecule has 4 saturated carbocycles. The van der Waals surface area contributed by atoms with E-state index in [1.54, 1.807) is 20.8 Å². The van der Waals surface area contributed by atoms with Crippen molar-refractivity contribution in [2.45, 2.75) is 102 Å². The van der Waals surface area contributed by atoms with Crippen molar-refractivity contribution in [2.75, 3.05) is 0 Å². The molecule has 4 rings (SSSR count). The molecule has 172 valence electrons. The normalized spacial score (nSPS) is 59.2. The van der Waals surface area contributed by atoms with Gasteiger partial charge in [-0.2, -0.15) is 0 Å². The lowest BCUT2D eigenvalue weighted by Gasteiger charge is -2.52. The van der Waals surface area contributed by atoms with E-state index in [2.05, 4.69) is 0 Å². The third-order valence-electron chi connectivity index (χ3n) is 9.50. The summed E-state index contributed by atoms with van der Waals surface area (Å²) in [6, 6.07) is 0. The molecule has 0 radical (unpaired) electrons. The Morgan fingerprint density at radius 1 is 1.00 bits per heavy atom. The summed E-state index contributed by atoms with van der Waals surface area (Å²) in [5.41, 5.74) is -7.11. The van der Waals surface area contributed by atoms with Gasteiger partial charge in [0.1, 0.15) is 11.7 Å². The second kappa shape index (κ2) is 6.17. The molecule has 0 aliphatic heterocycles. The fraction of sp³-hybridized carbons (Fsp3) is 0.955. The Morgan fingerprint density at radius 2 is 1.60 bits per heavy atom. The summed E-state index contributed by atoms with van der Waals surface area (Å²) in [5, 5.41) is 67.9. The highest BCUT2D eigenvalue weighted by Crippen LogP contribution is 2.70. The average molecular weight is 429 g/mol. The van der Waals surface area contributed by atoms with Gasteiger partial charge in [-0.15, -0.1) is 0 Å². The molecule has 6 N–H and O–H groups in total. The van der Waals surface area contributed by atoms with E-state index in [1.165, 1.54) is 13.8 Å². The van der Waals surface area contributed by atoms with Gasteiger partial charge in [0, 0.05) is 29.6 Å². The fourth-order valence-electron chi connectivity index (χ4n) is 8.29. The molecule has 0 aromatic heterocycles. The van der Waals surface area contributed by atoms with Gasteiger partial charge in [0.15, 0.2) is 0 Å². The third kappa shape index (κ3) is 2.41. The van der Waals surface area contributed by atoms with Gasteiger partial charge in [-0.25, -0.2) is 0 Å². The van der Waals surface area contributed by atoms with Crippen molar-refractivity contribution < 1.29 is 40.2 Å². The molecular weight excluding hydrogens is 392 g/mol. The standard InChI is InChI=1S/C22H36O8/c1-10(23)30-17-11-6-7-12-20(5,28)15-14(25)16(26)18(2,3)22(15,29)13(24)8-21(12,17)9-19(11,4)27/h11-17,24-29H,6-9H2,1-5H3/t11-,12+,13-,14-,15+,16+,17-,19-,20-,21+,22-/m1/s1. The molecule has 4 aliphatic carbocycles. The molecule has 8 nitrogen and oxygen atoms in total. The highest BCUT2D eigenvalue weighted by molar-refractivity contribution is 5.66. The maximum atomic E-state index is 11.9. The van der Waals surface area contributed by atoms with Gasteiger partial charge < -0.3 is 35.4 Å². The lowest BCUT2D eigenvalue weighted by molar-refractivity contribution is -0.210. The number of hydrogen-bond acceptors (Lipinski definition) is 8. The molecule has 8 heteroatoms. The second-order valence-electron chi connectivity index (χ2n) is 11.4. The number of aliphatic hydroxyl groups excluding tert-OH is 3. The Hall–Kier alpha value is -0.770. The van der Waals surface area contributed by atoms with Crippen molar-refractivity contribution in [3.8, 4) is 0 Å². The van der Waals surface area contributed by atoms with Gasteiger partial charge in [0.05, 0.1) is 29.5 Å². The van der Waals surface area contributed by atoms with Gasteiger partial charge in [-0.05, 0) is 45.4 Å². The van der Waals surface area contributed by atoms with Crippen LogP contribution in [0.25, 0.3) is 0 Å². The first kappa shape index (κ1) is 22.4. The Labute approximate surface area is 176 Å². The van der Waals surface area contributed by atoms with Crippen LogP contribution < -0.4 is 0 Å². The first-order valence-electron chi connectivity index (χ1n) is 10.9. The van der Waals surface area contributed by atoms with Crippen LogP contribution in [0.4, 0.5) is 0 Å². The highest BCUT2D eigenvalue weighted by Gasteiger charge is 2.79. The van der Waals surface area contributed by atoms with Crippen LogP contribution in [-0.2, 0) is 9.53 Å². The molecule has 30 heavy (non-hydrogen) atoms. The third-order valence-corrected chi connectivity index (χ3v) is 9.50. The molecule has 0 aromatic carbocycles. The average Bonchev–Trinajstić information content (AvgIpc) is 2.78. The summed E-state index contributed by atoms with van der Waals surface area (Å²) in [5.74, 6) is -2.63. The second-order valence-corrected chi connectivity index (χ2v) is 11.4. The summed E-state index contributed by atoms with van der Waals surface area (Å²) in [6.07, 6.45) is -3.77. The van der Waals surface area contributed by atoms with E-state index in [0.717, 1.165) is 0 Å². The maximum Gasteiger partial charge on any atom is 0.302 e. The van der Waals surface area contributed by atoms with E-state index in [0.29, 0.717) is 12.8 Å². The Morgan fingerprint density at radius 3 is 2.17 bits per heavy atom. The summed E-state index contributed by atoms with van der Waals surface area (Å²) < 4.78 is 5.71. The molecule has 11 atom stereocenters. The quantitative estimate of drug-likeness (QED) is 0.312. The molecule has 0 unspecified atom stereocenters. The zero-order valence-corrected chi connectivity index (χ0v) is 18.4. The minimum absolute atomic E-state index is 0.0196. The van der Waals surface area contributed by atoms with Gasteiger partial charge in [0.25, 0.3) is 0 Å². The first-order chi connectivity index (χ1) is 13.5. The summed E-state index contributed by atoms with van der Waals surface area (Å²) in [7, 11) is 0. The predicted molar refractivity (Wildman–Crippen MR) is 105 cm³/mol. The number of aliphatic hydroxyl groups is 6. The van der Waals surface area contributed by atoms with Crippen LogP contribution in [0.3, 0.4) is 0 Å².